The highest BCUT2D eigenvalue weighted by atomic mass is 19.1. The van der Waals surface area contributed by atoms with Gasteiger partial charge in [0.2, 0.25) is 0 Å². The molecule has 3 heteroatoms. The average molecular weight is 225 g/mol. The van der Waals surface area contributed by atoms with Crippen molar-refractivity contribution >= 4 is 0 Å². The number of hydrogen-bond donors (Lipinski definition) is 1. The molecule has 0 saturated carbocycles. The molecule has 0 fully saturated rings. The minimum absolute atomic E-state index is 0.201. The number of halogens is 1. The molecule has 0 heterocycles. The molecule has 1 atom stereocenters. The smallest absolute Gasteiger partial charge is 0.126 e. The van der Waals surface area contributed by atoms with Crippen molar-refractivity contribution in [3.05, 3.63) is 35.1 Å². The molecular weight excluding hydrogens is 205 g/mol. The van der Waals surface area contributed by atoms with E-state index >= 15 is 0 Å². The molecule has 0 spiro atoms. The Morgan fingerprint density at radius 1 is 1.38 bits per heavy atom. The Labute approximate surface area is 96.6 Å². The third kappa shape index (κ3) is 3.91. The summed E-state index contributed by atoms with van der Waals surface area (Å²) in [5.74, 6) is -0.201. The first kappa shape index (κ1) is 13.1. The maximum atomic E-state index is 13.1. The molecule has 0 amide bonds. The Bertz CT molecular complexity index is 357. The second-order valence-corrected chi connectivity index (χ2v) is 5.04. The third-order valence-corrected chi connectivity index (χ3v) is 2.31. The third-order valence-electron chi connectivity index (χ3n) is 2.31. The lowest BCUT2D eigenvalue weighted by Crippen LogP contribution is -2.26. The molecule has 2 nitrogen and oxygen atoms in total. The van der Waals surface area contributed by atoms with Gasteiger partial charge in [-0.25, -0.2) is 4.39 Å². The summed E-state index contributed by atoms with van der Waals surface area (Å²) in [4.78, 5) is 0. The second kappa shape index (κ2) is 4.93. The summed E-state index contributed by atoms with van der Waals surface area (Å²) in [5, 5.41) is 0. The minimum atomic E-state index is -0.210. The lowest BCUT2D eigenvalue weighted by Gasteiger charge is -2.22. The second-order valence-electron chi connectivity index (χ2n) is 5.04. The maximum Gasteiger partial charge on any atom is 0.126 e. The molecule has 0 bridgehead atoms. The molecule has 0 radical (unpaired) electrons. The van der Waals surface area contributed by atoms with Crippen molar-refractivity contribution in [3.8, 4) is 0 Å². The van der Waals surface area contributed by atoms with Gasteiger partial charge in [-0.3, -0.25) is 0 Å². The molecule has 0 aliphatic carbocycles. The zero-order valence-corrected chi connectivity index (χ0v) is 10.4. The van der Waals surface area contributed by atoms with Gasteiger partial charge < -0.3 is 10.5 Å². The molecule has 0 aliphatic heterocycles. The number of ether oxygens (including phenoxy) is 1. The fourth-order valence-electron chi connectivity index (χ4n) is 1.33. The van der Waals surface area contributed by atoms with Crippen LogP contribution in [0.4, 0.5) is 4.39 Å². The van der Waals surface area contributed by atoms with E-state index in [-0.39, 0.29) is 17.5 Å². The van der Waals surface area contributed by atoms with Gasteiger partial charge in [0, 0.05) is 0 Å². The van der Waals surface area contributed by atoms with E-state index in [1.807, 2.05) is 20.8 Å². The van der Waals surface area contributed by atoms with Crippen LogP contribution in [0.5, 0.6) is 0 Å². The van der Waals surface area contributed by atoms with E-state index in [1.165, 1.54) is 6.07 Å². The van der Waals surface area contributed by atoms with E-state index in [9.17, 15) is 4.39 Å². The van der Waals surface area contributed by atoms with Gasteiger partial charge in [-0.05, 0) is 44.9 Å². The van der Waals surface area contributed by atoms with Crippen LogP contribution < -0.4 is 5.73 Å². The summed E-state index contributed by atoms with van der Waals surface area (Å²) in [6.07, 6.45) is 0. The van der Waals surface area contributed by atoms with E-state index in [1.54, 1.807) is 19.1 Å². The van der Waals surface area contributed by atoms with Gasteiger partial charge in [-0.1, -0.05) is 12.1 Å². The Morgan fingerprint density at radius 3 is 2.50 bits per heavy atom. The molecule has 1 unspecified atom stereocenters. The van der Waals surface area contributed by atoms with Gasteiger partial charge in [0.1, 0.15) is 5.82 Å². The molecule has 0 aromatic heterocycles. The standard InChI is InChI=1S/C13H20FNO/c1-9-7-10(5-6-11(9)14)12(15)8-16-13(2,3)4/h5-7,12H,8,15H2,1-4H3. The molecule has 1 aromatic rings. The number of nitrogens with two attached hydrogens (primary N) is 1. The van der Waals surface area contributed by atoms with Crippen LogP contribution in [0.1, 0.15) is 37.9 Å². The van der Waals surface area contributed by atoms with E-state index in [2.05, 4.69) is 0 Å². The summed E-state index contributed by atoms with van der Waals surface area (Å²) >= 11 is 0. The molecule has 16 heavy (non-hydrogen) atoms. The van der Waals surface area contributed by atoms with Crippen LogP contribution >= 0.6 is 0 Å². The minimum Gasteiger partial charge on any atom is -0.374 e. The lowest BCUT2D eigenvalue weighted by molar-refractivity contribution is -0.0102. The van der Waals surface area contributed by atoms with Crippen molar-refractivity contribution in [1.29, 1.82) is 0 Å². The quantitative estimate of drug-likeness (QED) is 0.858. The number of aryl methyl sites for hydroxylation is 1. The summed E-state index contributed by atoms with van der Waals surface area (Å²) < 4.78 is 18.7. The number of rotatable bonds is 3. The molecular formula is C13H20FNO. The van der Waals surface area contributed by atoms with Crippen molar-refractivity contribution in [3.63, 3.8) is 0 Å². The highest BCUT2D eigenvalue weighted by Gasteiger charge is 2.14. The predicted molar refractivity (Wildman–Crippen MR) is 63.8 cm³/mol. The zero-order chi connectivity index (χ0) is 12.3. The Kier molecular flexibility index (Phi) is 4.05. The maximum absolute atomic E-state index is 13.1. The van der Waals surface area contributed by atoms with Gasteiger partial charge in [-0.2, -0.15) is 0 Å². The topological polar surface area (TPSA) is 35.2 Å². The van der Waals surface area contributed by atoms with E-state index in [4.69, 9.17) is 10.5 Å². The normalized spacial score (nSPS) is 13.9. The van der Waals surface area contributed by atoms with Crippen molar-refractivity contribution in [2.24, 2.45) is 5.73 Å². The number of benzene rings is 1. The average Bonchev–Trinajstić information content (AvgIpc) is 2.17. The molecule has 0 saturated heterocycles. The fraction of sp³-hybridized carbons (Fsp3) is 0.538. The Balaban J connectivity index is 2.66. The Hall–Kier alpha value is -0.930. The molecule has 1 rings (SSSR count). The molecule has 2 N–H and O–H groups in total. The first-order valence-electron chi connectivity index (χ1n) is 5.45. The summed E-state index contributed by atoms with van der Waals surface area (Å²) in [7, 11) is 0. The van der Waals surface area contributed by atoms with Crippen molar-refractivity contribution in [2.75, 3.05) is 6.61 Å². The molecule has 90 valence electrons. The van der Waals surface area contributed by atoms with Gasteiger partial charge in [0.25, 0.3) is 0 Å². The number of hydrogen-bond acceptors (Lipinski definition) is 2. The van der Waals surface area contributed by atoms with Gasteiger partial charge in [-0.15, -0.1) is 0 Å². The van der Waals surface area contributed by atoms with E-state index in [0.717, 1.165) is 5.56 Å². The largest absolute Gasteiger partial charge is 0.374 e. The predicted octanol–water partition coefficient (Wildman–Crippen LogP) is 2.95. The van der Waals surface area contributed by atoms with Gasteiger partial charge in [0.15, 0.2) is 0 Å². The van der Waals surface area contributed by atoms with Gasteiger partial charge in [0.05, 0.1) is 18.2 Å². The van der Waals surface area contributed by atoms with Crippen molar-refractivity contribution in [1.82, 2.24) is 0 Å². The fourth-order valence-corrected chi connectivity index (χ4v) is 1.33. The van der Waals surface area contributed by atoms with Crippen LogP contribution in [0.2, 0.25) is 0 Å². The van der Waals surface area contributed by atoms with Crippen LogP contribution in [0.3, 0.4) is 0 Å². The van der Waals surface area contributed by atoms with E-state index in [0.29, 0.717) is 12.2 Å². The van der Waals surface area contributed by atoms with Crippen LogP contribution in [0, 0.1) is 12.7 Å². The summed E-state index contributed by atoms with van der Waals surface area (Å²) in [6.45, 7) is 8.12. The van der Waals surface area contributed by atoms with Crippen LogP contribution in [-0.2, 0) is 4.74 Å². The highest BCUT2D eigenvalue weighted by Crippen LogP contribution is 2.17. The highest BCUT2D eigenvalue weighted by molar-refractivity contribution is 5.26. The van der Waals surface area contributed by atoms with Crippen molar-refractivity contribution < 1.29 is 9.13 Å². The SMILES string of the molecule is Cc1cc(C(N)COC(C)(C)C)ccc1F. The molecule has 1 aromatic carbocycles. The van der Waals surface area contributed by atoms with Crippen LogP contribution in [0.25, 0.3) is 0 Å². The van der Waals surface area contributed by atoms with Crippen LogP contribution in [0.15, 0.2) is 18.2 Å². The van der Waals surface area contributed by atoms with Gasteiger partial charge >= 0.3 is 0 Å². The first-order chi connectivity index (χ1) is 7.29. The lowest BCUT2D eigenvalue weighted by atomic mass is 10.1. The Morgan fingerprint density at radius 2 is 2.00 bits per heavy atom. The zero-order valence-electron chi connectivity index (χ0n) is 10.4. The first-order valence-corrected chi connectivity index (χ1v) is 5.45. The van der Waals surface area contributed by atoms with Crippen LogP contribution in [-0.4, -0.2) is 12.2 Å². The molecule has 0 aliphatic rings. The van der Waals surface area contributed by atoms with Crippen molar-refractivity contribution in [2.45, 2.75) is 39.3 Å². The van der Waals surface area contributed by atoms with E-state index < -0.39 is 0 Å². The summed E-state index contributed by atoms with van der Waals surface area (Å²) in [5.41, 5.74) is 7.29. The summed E-state index contributed by atoms with van der Waals surface area (Å²) in [6, 6.07) is 4.71. The monoisotopic (exact) mass is 225 g/mol.